The van der Waals surface area contributed by atoms with E-state index in [9.17, 15) is 9.59 Å². The molecule has 23 heavy (non-hydrogen) atoms. The number of hydrogen-bond acceptors (Lipinski definition) is 3. The van der Waals surface area contributed by atoms with Crippen LogP contribution in [0.25, 0.3) is 0 Å². The number of rotatable bonds is 5. The molecule has 0 atom stereocenters. The molecule has 1 aromatic rings. The highest BCUT2D eigenvalue weighted by atomic mass is 79.9. The van der Waals surface area contributed by atoms with E-state index in [1.165, 1.54) is 0 Å². The van der Waals surface area contributed by atoms with E-state index in [0.29, 0.717) is 13.1 Å². The lowest BCUT2D eigenvalue weighted by atomic mass is 10.0. The normalized spacial score (nSPS) is 15.9. The Morgan fingerprint density at radius 3 is 2.57 bits per heavy atom. The summed E-state index contributed by atoms with van der Waals surface area (Å²) in [5, 5.41) is 8.98. The third kappa shape index (κ3) is 4.32. The van der Waals surface area contributed by atoms with Crippen molar-refractivity contribution in [3.05, 3.63) is 33.8 Å². The van der Waals surface area contributed by atoms with Crippen LogP contribution in [0.5, 0.6) is 0 Å². The van der Waals surface area contributed by atoms with Gasteiger partial charge in [-0.2, -0.15) is 0 Å². The zero-order valence-corrected chi connectivity index (χ0v) is 15.2. The number of carboxylic acid groups (broad SMARTS) is 1. The Kier molecular flexibility index (Phi) is 6.18. The minimum atomic E-state index is -0.796. The van der Waals surface area contributed by atoms with Crippen LogP contribution in [-0.2, 0) is 4.79 Å². The third-order valence-corrected chi connectivity index (χ3v) is 5.37. The number of amides is 1. The lowest BCUT2D eigenvalue weighted by Gasteiger charge is -2.37. The van der Waals surface area contributed by atoms with Crippen LogP contribution in [-0.4, -0.2) is 59.0 Å². The highest BCUT2D eigenvalue weighted by Crippen LogP contribution is 2.23. The number of piperidine rings is 1. The van der Waals surface area contributed by atoms with Crippen molar-refractivity contribution in [3.8, 4) is 0 Å². The summed E-state index contributed by atoms with van der Waals surface area (Å²) in [6, 6.07) is 5.91. The van der Waals surface area contributed by atoms with Crippen molar-refractivity contribution in [2.24, 2.45) is 0 Å². The van der Waals surface area contributed by atoms with Gasteiger partial charge in [-0.05, 0) is 44.0 Å². The predicted molar refractivity (Wildman–Crippen MR) is 92.7 cm³/mol. The molecule has 1 heterocycles. The van der Waals surface area contributed by atoms with E-state index in [-0.39, 0.29) is 18.5 Å². The molecule has 0 aromatic heterocycles. The first-order valence-electron chi connectivity index (χ1n) is 7.94. The van der Waals surface area contributed by atoms with Gasteiger partial charge in [0, 0.05) is 29.2 Å². The van der Waals surface area contributed by atoms with Crippen molar-refractivity contribution in [3.63, 3.8) is 0 Å². The summed E-state index contributed by atoms with van der Waals surface area (Å²) in [7, 11) is 0. The second-order valence-corrected chi connectivity index (χ2v) is 6.75. The molecule has 0 aliphatic carbocycles. The minimum Gasteiger partial charge on any atom is -0.480 e. The van der Waals surface area contributed by atoms with E-state index < -0.39 is 5.97 Å². The zero-order chi connectivity index (χ0) is 17.0. The van der Waals surface area contributed by atoms with Gasteiger partial charge in [-0.15, -0.1) is 0 Å². The Balaban J connectivity index is 2.00. The Bertz CT molecular complexity index is 583. The lowest BCUT2D eigenvalue weighted by molar-refractivity contribution is -0.139. The average Bonchev–Trinajstić information content (AvgIpc) is 2.54. The second kappa shape index (κ2) is 7.93. The van der Waals surface area contributed by atoms with Crippen molar-refractivity contribution in [1.82, 2.24) is 9.80 Å². The van der Waals surface area contributed by atoms with Gasteiger partial charge in [0.1, 0.15) is 0 Å². The standard InChI is InChI=1S/C17H23BrN2O3/c1-3-19(11-16(21)22)13-7-9-20(10-8-13)17(23)14-5-4-6-15(18)12(14)2/h4-6,13H,3,7-11H2,1-2H3,(H,21,22). The number of likely N-dealkylation sites (N-methyl/N-ethyl adjacent to an activating group) is 1. The fourth-order valence-corrected chi connectivity index (χ4v) is 3.48. The van der Waals surface area contributed by atoms with Crippen LogP contribution in [0.4, 0.5) is 0 Å². The number of likely N-dealkylation sites (tertiary alicyclic amines) is 1. The van der Waals surface area contributed by atoms with Gasteiger partial charge in [0.25, 0.3) is 5.91 Å². The number of carboxylic acids is 1. The van der Waals surface area contributed by atoms with Crippen LogP contribution < -0.4 is 0 Å². The molecule has 0 bridgehead atoms. The maximum absolute atomic E-state index is 12.7. The topological polar surface area (TPSA) is 60.9 Å². The van der Waals surface area contributed by atoms with Gasteiger partial charge in [-0.25, -0.2) is 0 Å². The molecule has 0 radical (unpaired) electrons. The fraction of sp³-hybridized carbons (Fsp3) is 0.529. The summed E-state index contributed by atoms with van der Waals surface area (Å²) < 4.78 is 0.942. The maximum atomic E-state index is 12.7. The molecule has 1 aliphatic rings. The van der Waals surface area contributed by atoms with Gasteiger partial charge in [-0.1, -0.05) is 28.9 Å². The van der Waals surface area contributed by atoms with Crippen LogP contribution in [0, 0.1) is 6.92 Å². The molecule has 0 unspecified atom stereocenters. The molecule has 5 nitrogen and oxygen atoms in total. The Morgan fingerprint density at radius 2 is 2.00 bits per heavy atom. The number of carbonyl (C=O) groups is 2. The number of halogens is 1. The molecule has 1 saturated heterocycles. The summed E-state index contributed by atoms with van der Waals surface area (Å²) >= 11 is 3.47. The quantitative estimate of drug-likeness (QED) is 0.850. The van der Waals surface area contributed by atoms with E-state index in [1.54, 1.807) is 0 Å². The summed E-state index contributed by atoms with van der Waals surface area (Å²) in [6.45, 7) is 6.05. The van der Waals surface area contributed by atoms with Gasteiger partial charge in [0.05, 0.1) is 6.54 Å². The Labute approximate surface area is 145 Å². The third-order valence-electron chi connectivity index (χ3n) is 4.51. The van der Waals surface area contributed by atoms with E-state index in [0.717, 1.165) is 35.0 Å². The molecule has 2 rings (SSSR count). The Hall–Kier alpha value is -1.40. The summed E-state index contributed by atoms with van der Waals surface area (Å²) in [5.41, 5.74) is 1.69. The monoisotopic (exact) mass is 382 g/mol. The molecule has 126 valence electrons. The van der Waals surface area contributed by atoms with Crippen molar-refractivity contribution < 1.29 is 14.7 Å². The molecule has 1 amide bonds. The number of aliphatic carboxylic acids is 1. The van der Waals surface area contributed by atoms with E-state index in [2.05, 4.69) is 15.9 Å². The molecule has 0 spiro atoms. The smallest absolute Gasteiger partial charge is 0.317 e. The van der Waals surface area contributed by atoms with Gasteiger partial charge in [0.2, 0.25) is 0 Å². The first-order valence-corrected chi connectivity index (χ1v) is 8.73. The van der Waals surface area contributed by atoms with Crippen molar-refractivity contribution in [1.29, 1.82) is 0 Å². The molecule has 6 heteroatoms. The lowest BCUT2D eigenvalue weighted by Crippen LogP contribution is -2.48. The number of nitrogens with zero attached hydrogens (tertiary/aromatic N) is 2. The number of carbonyl (C=O) groups excluding carboxylic acids is 1. The van der Waals surface area contributed by atoms with Gasteiger partial charge in [0.15, 0.2) is 0 Å². The first kappa shape index (κ1) is 17.9. The van der Waals surface area contributed by atoms with E-state index in [1.807, 2.05) is 41.8 Å². The molecule has 1 fully saturated rings. The van der Waals surface area contributed by atoms with Crippen molar-refractivity contribution in [2.45, 2.75) is 32.7 Å². The van der Waals surface area contributed by atoms with Gasteiger partial charge >= 0.3 is 5.97 Å². The summed E-state index contributed by atoms with van der Waals surface area (Å²) in [6.07, 6.45) is 1.64. The molecular weight excluding hydrogens is 360 g/mol. The Morgan fingerprint density at radius 1 is 1.35 bits per heavy atom. The summed E-state index contributed by atoms with van der Waals surface area (Å²) in [4.78, 5) is 27.5. The molecule has 1 aliphatic heterocycles. The summed E-state index contributed by atoms with van der Waals surface area (Å²) in [5.74, 6) is -0.737. The minimum absolute atomic E-state index is 0.0588. The zero-order valence-electron chi connectivity index (χ0n) is 13.6. The van der Waals surface area contributed by atoms with Gasteiger partial charge < -0.3 is 10.0 Å². The highest BCUT2D eigenvalue weighted by molar-refractivity contribution is 9.10. The molecule has 1 N–H and O–H groups in total. The van der Waals surface area contributed by atoms with Crippen molar-refractivity contribution in [2.75, 3.05) is 26.2 Å². The number of hydrogen-bond donors (Lipinski definition) is 1. The van der Waals surface area contributed by atoms with Crippen LogP contribution >= 0.6 is 15.9 Å². The SMILES string of the molecule is CCN(CC(=O)O)C1CCN(C(=O)c2cccc(Br)c2C)CC1. The van der Waals surface area contributed by atoms with Crippen LogP contribution in [0.3, 0.4) is 0 Å². The molecular formula is C17H23BrN2O3. The average molecular weight is 383 g/mol. The largest absolute Gasteiger partial charge is 0.480 e. The van der Waals surface area contributed by atoms with Crippen molar-refractivity contribution >= 4 is 27.8 Å². The maximum Gasteiger partial charge on any atom is 0.317 e. The first-order chi connectivity index (χ1) is 10.9. The van der Waals surface area contributed by atoms with Crippen LogP contribution in [0.1, 0.15) is 35.7 Å². The van der Waals surface area contributed by atoms with E-state index in [4.69, 9.17) is 5.11 Å². The molecule has 0 saturated carbocycles. The molecule has 1 aromatic carbocycles. The highest BCUT2D eigenvalue weighted by Gasteiger charge is 2.28. The fourth-order valence-electron chi connectivity index (χ4n) is 3.12. The predicted octanol–water partition coefficient (Wildman–Crippen LogP) is 2.77. The van der Waals surface area contributed by atoms with Crippen LogP contribution in [0.15, 0.2) is 22.7 Å². The van der Waals surface area contributed by atoms with Crippen LogP contribution in [0.2, 0.25) is 0 Å². The number of benzene rings is 1. The van der Waals surface area contributed by atoms with Gasteiger partial charge in [-0.3, -0.25) is 14.5 Å². The van der Waals surface area contributed by atoms with E-state index >= 15 is 0 Å². The second-order valence-electron chi connectivity index (χ2n) is 5.89.